The summed E-state index contributed by atoms with van der Waals surface area (Å²) >= 11 is 11.6. The van der Waals surface area contributed by atoms with Gasteiger partial charge in [-0.1, -0.05) is 28.4 Å². The van der Waals surface area contributed by atoms with E-state index < -0.39 is 10.0 Å². The Hall–Kier alpha value is -1.61. The molecule has 130 valence electrons. The second-order valence-electron chi connectivity index (χ2n) is 4.94. The molecule has 0 aliphatic carbocycles. The number of rotatable bonds is 6. The van der Waals surface area contributed by atoms with E-state index in [0.717, 1.165) is 0 Å². The smallest absolute Gasteiger partial charge is 0.240 e. The third kappa shape index (κ3) is 4.47. The van der Waals surface area contributed by atoms with Gasteiger partial charge in [-0.15, -0.1) is 0 Å². The Morgan fingerprint density at radius 2 is 2.00 bits per heavy atom. The van der Waals surface area contributed by atoms with Crippen LogP contribution in [-0.4, -0.2) is 32.6 Å². The average molecular weight is 392 g/mol. The lowest BCUT2D eigenvalue weighted by Gasteiger charge is -2.17. The molecule has 0 aliphatic heterocycles. The van der Waals surface area contributed by atoms with Crippen LogP contribution in [0.25, 0.3) is 0 Å². The summed E-state index contributed by atoms with van der Waals surface area (Å²) in [5, 5.41) is 4.16. The van der Waals surface area contributed by atoms with Crippen molar-refractivity contribution in [2.75, 3.05) is 18.0 Å². The zero-order chi connectivity index (χ0) is 17.9. The Labute approximate surface area is 149 Å². The van der Waals surface area contributed by atoms with Crippen LogP contribution in [0.3, 0.4) is 0 Å². The number of hydrogen-bond acceptors (Lipinski definition) is 5. The first-order valence-electron chi connectivity index (χ1n) is 6.87. The first-order chi connectivity index (χ1) is 11.2. The largest absolute Gasteiger partial charge is 0.360 e. The van der Waals surface area contributed by atoms with Crippen molar-refractivity contribution in [2.24, 2.45) is 0 Å². The fourth-order valence-corrected chi connectivity index (χ4v) is 3.34. The molecule has 0 saturated heterocycles. The van der Waals surface area contributed by atoms with Gasteiger partial charge in [0.15, 0.2) is 5.82 Å². The molecule has 1 N–H and O–H groups in total. The molecular weight excluding hydrogens is 377 g/mol. The number of carbonyl (C=O) groups is 1. The van der Waals surface area contributed by atoms with Crippen LogP contribution in [0.15, 0.2) is 33.7 Å². The second kappa shape index (κ2) is 7.52. The predicted octanol–water partition coefficient (Wildman–Crippen LogP) is 2.62. The van der Waals surface area contributed by atoms with E-state index in [1.807, 2.05) is 0 Å². The van der Waals surface area contributed by atoms with Gasteiger partial charge in [-0.25, -0.2) is 13.1 Å². The number of nitrogens with zero attached hydrogens (tertiary/aromatic N) is 2. The summed E-state index contributed by atoms with van der Waals surface area (Å²) in [7, 11) is -3.77. The van der Waals surface area contributed by atoms with Crippen LogP contribution in [-0.2, 0) is 14.8 Å². The molecule has 1 aromatic carbocycles. The van der Waals surface area contributed by atoms with E-state index in [9.17, 15) is 13.2 Å². The Balaban J connectivity index is 2.05. The Kier molecular flexibility index (Phi) is 5.87. The van der Waals surface area contributed by atoms with Crippen molar-refractivity contribution >= 4 is 45.0 Å². The minimum atomic E-state index is -3.77. The molecule has 0 unspecified atom stereocenters. The number of amides is 1. The van der Waals surface area contributed by atoms with Gasteiger partial charge in [0.2, 0.25) is 15.9 Å². The van der Waals surface area contributed by atoms with Crippen LogP contribution in [0.4, 0.5) is 5.82 Å². The highest BCUT2D eigenvalue weighted by Gasteiger charge is 2.19. The number of nitrogens with one attached hydrogen (secondary N) is 1. The number of hydrogen-bond donors (Lipinski definition) is 1. The number of sulfonamides is 1. The molecule has 0 bridgehead atoms. The summed E-state index contributed by atoms with van der Waals surface area (Å²) < 4.78 is 31.8. The molecule has 0 saturated carbocycles. The van der Waals surface area contributed by atoms with Crippen molar-refractivity contribution in [3.8, 4) is 0 Å². The summed E-state index contributed by atoms with van der Waals surface area (Å²) in [6.07, 6.45) is 0. The first-order valence-corrected chi connectivity index (χ1v) is 9.11. The zero-order valence-corrected chi connectivity index (χ0v) is 15.2. The highest BCUT2D eigenvalue weighted by Crippen LogP contribution is 2.24. The molecule has 0 fully saturated rings. The molecule has 1 aromatic heterocycles. The lowest BCUT2D eigenvalue weighted by molar-refractivity contribution is -0.116. The molecule has 0 radical (unpaired) electrons. The fraction of sp³-hybridized carbons (Fsp3) is 0.286. The summed E-state index contributed by atoms with van der Waals surface area (Å²) in [5.41, 5.74) is 0. The van der Waals surface area contributed by atoms with Crippen molar-refractivity contribution in [3.05, 3.63) is 40.1 Å². The molecule has 0 atom stereocenters. The van der Waals surface area contributed by atoms with Gasteiger partial charge in [-0.2, -0.15) is 0 Å². The Morgan fingerprint density at radius 3 is 2.54 bits per heavy atom. The van der Waals surface area contributed by atoms with E-state index in [1.54, 1.807) is 13.0 Å². The second-order valence-corrected chi connectivity index (χ2v) is 7.52. The average Bonchev–Trinajstić information content (AvgIpc) is 2.92. The molecular formula is C14H15Cl2N3O4S. The number of anilines is 1. The third-order valence-corrected chi connectivity index (χ3v) is 5.30. The molecule has 0 aliphatic rings. The molecule has 7 nitrogen and oxygen atoms in total. The van der Waals surface area contributed by atoms with Crippen LogP contribution >= 0.6 is 23.2 Å². The number of aryl methyl sites for hydroxylation is 1. The summed E-state index contributed by atoms with van der Waals surface area (Å²) in [5.74, 6) is 0.596. The summed E-state index contributed by atoms with van der Waals surface area (Å²) in [4.78, 5) is 13.0. The highest BCUT2D eigenvalue weighted by molar-refractivity contribution is 7.89. The monoisotopic (exact) mass is 391 g/mol. The van der Waals surface area contributed by atoms with E-state index >= 15 is 0 Å². The quantitative estimate of drug-likeness (QED) is 0.816. The van der Waals surface area contributed by atoms with Crippen molar-refractivity contribution in [1.82, 2.24) is 9.88 Å². The number of aromatic nitrogens is 1. The Bertz CT molecular complexity index is 851. The molecule has 10 heteroatoms. The summed E-state index contributed by atoms with van der Waals surface area (Å²) in [6, 6.07) is 5.60. The Morgan fingerprint density at radius 1 is 1.29 bits per heavy atom. The van der Waals surface area contributed by atoms with Gasteiger partial charge in [0.1, 0.15) is 5.76 Å². The maximum absolute atomic E-state index is 12.2. The number of halogens is 2. The SMILES string of the molecule is CC(=O)N(CCNS(=O)(=O)c1ccc(Cl)c(Cl)c1)c1cc(C)on1. The van der Waals surface area contributed by atoms with E-state index in [1.165, 1.54) is 30.0 Å². The predicted molar refractivity (Wildman–Crippen MR) is 90.9 cm³/mol. The van der Waals surface area contributed by atoms with E-state index in [4.69, 9.17) is 27.7 Å². The zero-order valence-electron chi connectivity index (χ0n) is 12.9. The molecule has 2 aromatic rings. The van der Waals surface area contributed by atoms with Crippen LogP contribution in [0.5, 0.6) is 0 Å². The van der Waals surface area contributed by atoms with Gasteiger partial charge < -0.3 is 4.52 Å². The topological polar surface area (TPSA) is 92.5 Å². The van der Waals surface area contributed by atoms with Crippen molar-refractivity contribution in [1.29, 1.82) is 0 Å². The van der Waals surface area contributed by atoms with Crippen LogP contribution in [0, 0.1) is 6.92 Å². The number of carbonyl (C=O) groups excluding carboxylic acids is 1. The van der Waals surface area contributed by atoms with Crippen LogP contribution in [0.1, 0.15) is 12.7 Å². The van der Waals surface area contributed by atoms with Gasteiger partial charge in [0.25, 0.3) is 0 Å². The van der Waals surface area contributed by atoms with Gasteiger partial charge in [0, 0.05) is 26.1 Å². The maximum atomic E-state index is 12.2. The molecule has 0 spiro atoms. The standard InChI is InChI=1S/C14H15Cl2N3O4S/c1-9-7-14(18-23-9)19(10(2)20)6-5-17-24(21,22)11-3-4-12(15)13(16)8-11/h3-4,7-8,17H,5-6H2,1-2H3. The first kappa shape index (κ1) is 18.7. The fourth-order valence-electron chi connectivity index (χ4n) is 1.93. The molecule has 24 heavy (non-hydrogen) atoms. The summed E-state index contributed by atoms with van der Waals surface area (Å²) in [6.45, 7) is 3.15. The van der Waals surface area contributed by atoms with Crippen molar-refractivity contribution < 1.29 is 17.7 Å². The highest BCUT2D eigenvalue weighted by atomic mass is 35.5. The molecule has 1 amide bonds. The van der Waals surface area contributed by atoms with Gasteiger partial charge in [-0.05, 0) is 25.1 Å². The lowest BCUT2D eigenvalue weighted by Crippen LogP contribution is -2.37. The number of benzene rings is 1. The van der Waals surface area contributed by atoms with Gasteiger partial charge >= 0.3 is 0 Å². The van der Waals surface area contributed by atoms with Crippen molar-refractivity contribution in [2.45, 2.75) is 18.7 Å². The van der Waals surface area contributed by atoms with Crippen LogP contribution in [0.2, 0.25) is 10.0 Å². The van der Waals surface area contributed by atoms with E-state index in [2.05, 4.69) is 9.88 Å². The van der Waals surface area contributed by atoms with Crippen LogP contribution < -0.4 is 9.62 Å². The molecule has 2 rings (SSSR count). The minimum Gasteiger partial charge on any atom is -0.360 e. The van der Waals surface area contributed by atoms with Gasteiger partial charge in [0.05, 0.1) is 14.9 Å². The minimum absolute atomic E-state index is 0.00589. The maximum Gasteiger partial charge on any atom is 0.240 e. The van der Waals surface area contributed by atoms with Crippen molar-refractivity contribution in [3.63, 3.8) is 0 Å². The molecule has 1 heterocycles. The lowest BCUT2D eigenvalue weighted by atomic mass is 10.4. The third-order valence-electron chi connectivity index (χ3n) is 3.10. The van der Waals surface area contributed by atoms with E-state index in [-0.39, 0.29) is 33.9 Å². The van der Waals surface area contributed by atoms with E-state index in [0.29, 0.717) is 11.6 Å². The normalized spacial score (nSPS) is 11.5. The van der Waals surface area contributed by atoms with Gasteiger partial charge in [-0.3, -0.25) is 9.69 Å².